The molecule has 0 N–H and O–H groups in total. The van der Waals surface area contributed by atoms with E-state index in [1.165, 1.54) is 5.69 Å². The van der Waals surface area contributed by atoms with Crippen LogP contribution in [0.2, 0.25) is 0 Å². The number of ether oxygens (including phenoxy) is 1. The fraction of sp³-hybridized carbons (Fsp3) is 0.538. The van der Waals surface area contributed by atoms with Gasteiger partial charge in [0.2, 0.25) is 0 Å². The molecule has 0 bridgehead atoms. The Morgan fingerprint density at radius 2 is 2.00 bits per heavy atom. The molecule has 0 aliphatic heterocycles. The summed E-state index contributed by atoms with van der Waals surface area (Å²) in [7, 11) is 2.06. The first kappa shape index (κ1) is 13.3. The quantitative estimate of drug-likeness (QED) is 0.709. The highest BCUT2D eigenvalue weighted by atomic mass is 35.5. The summed E-state index contributed by atoms with van der Waals surface area (Å²) in [5, 5.41) is 0. The van der Waals surface area contributed by atoms with Crippen molar-refractivity contribution in [1.29, 1.82) is 0 Å². The Kier molecular flexibility index (Phi) is 5.64. The zero-order chi connectivity index (χ0) is 12.0. The van der Waals surface area contributed by atoms with Crippen molar-refractivity contribution in [2.45, 2.75) is 25.8 Å². The molecule has 0 fully saturated rings. The van der Waals surface area contributed by atoms with E-state index in [1.807, 2.05) is 26.0 Å². The van der Waals surface area contributed by atoms with E-state index in [-0.39, 0.29) is 6.10 Å². The Balaban J connectivity index is 2.55. The average molecular weight is 242 g/mol. The Labute approximate surface area is 103 Å². The number of hydrogen-bond donors (Lipinski definition) is 0. The standard InChI is InChI=1S/C13H20ClNO/c1-11(2)16-9-8-15(3)13-7-5-4-6-12(13)10-14/h4-7,11H,8-10H2,1-3H3. The predicted molar refractivity (Wildman–Crippen MR) is 70.4 cm³/mol. The third kappa shape index (κ3) is 4.03. The molecule has 0 saturated heterocycles. The van der Waals surface area contributed by atoms with Gasteiger partial charge in [-0.15, -0.1) is 11.6 Å². The van der Waals surface area contributed by atoms with E-state index >= 15 is 0 Å². The molecule has 2 nitrogen and oxygen atoms in total. The summed E-state index contributed by atoms with van der Waals surface area (Å²) in [6, 6.07) is 8.19. The van der Waals surface area contributed by atoms with Crippen LogP contribution in [0.4, 0.5) is 5.69 Å². The van der Waals surface area contributed by atoms with E-state index < -0.39 is 0 Å². The summed E-state index contributed by atoms with van der Waals surface area (Å²) in [6.45, 7) is 5.72. The maximum absolute atomic E-state index is 5.90. The Bertz CT molecular complexity index is 315. The minimum Gasteiger partial charge on any atom is -0.377 e. The van der Waals surface area contributed by atoms with E-state index in [4.69, 9.17) is 16.3 Å². The minimum absolute atomic E-state index is 0.289. The summed E-state index contributed by atoms with van der Waals surface area (Å²) in [4.78, 5) is 2.18. The first-order valence-electron chi connectivity index (χ1n) is 5.61. The number of benzene rings is 1. The molecule has 0 amide bonds. The summed E-state index contributed by atoms with van der Waals surface area (Å²) < 4.78 is 5.53. The second-order valence-corrected chi connectivity index (χ2v) is 4.37. The zero-order valence-corrected chi connectivity index (χ0v) is 11.0. The predicted octanol–water partition coefficient (Wildman–Crippen LogP) is 3.29. The third-order valence-electron chi connectivity index (χ3n) is 2.42. The van der Waals surface area contributed by atoms with Crippen LogP contribution in [-0.2, 0) is 10.6 Å². The molecule has 0 heterocycles. The van der Waals surface area contributed by atoms with Crippen LogP contribution < -0.4 is 4.90 Å². The molecule has 0 atom stereocenters. The zero-order valence-electron chi connectivity index (χ0n) is 10.2. The van der Waals surface area contributed by atoms with Crippen LogP contribution in [0.1, 0.15) is 19.4 Å². The number of rotatable bonds is 6. The molecule has 16 heavy (non-hydrogen) atoms. The molecule has 1 aromatic rings. The van der Waals surface area contributed by atoms with Crippen molar-refractivity contribution in [3.05, 3.63) is 29.8 Å². The number of para-hydroxylation sites is 1. The maximum Gasteiger partial charge on any atom is 0.0644 e. The molecule has 0 unspecified atom stereocenters. The molecule has 1 aromatic carbocycles. The average Bonchev–Trinajstić information content (AvgIpc) is 2.28. The Morgan fingerprint density at radius 3 is 2.62 bits per heavy atom. The number of hydrogen-bond acceptors (Lipinski definition) is 2. The van der Waals surface area contributed by atoms with E-state index in [0.717, 1.165) is 18.7 Å². The molecule has 1 rings (SSSR count). The lowest BCUT2D eigenvalue weighted by molar-refractivity contribution is 0.0846. The number of likely N-dealkylation sites (N-methyl/N-ethyl adjacent to an activating group) is 1. The van der Waals surface area contributed by atoms with Crippen LogP contribution in [0.5, 0.6) is 0 Å². The molecule has 0 radical (unpaired) electrons. The second kappa shape index (κ2) is 6.77. The van der Waals surface area contributed by atoms with Crippen molar-refractivity contribution in [1.82, 2.24) is 0 Å². The van der Waals surface area contributed by atoms with Crippen molar-refractivity contribution >= 4 is 17.3 Å². The molecule has 0 aliphatic rings. The van der Waals surface area contributed by atoms with Gasteiger partial charge in [-0.2, -0.15) is 0 Å². The van der Waals surface area contributed by atoms with Gasteiger partial charge in [0.1, 0.15) is 0 Å². The van der Waals surface area contributed by atoms with Crippen molar-refractivity contribution in [2.24, 2.45) is 0 Å². The molecular formula is C13H20ClNO. The second-order valence-electron chi connectivity index (χ2n) is 4.10. The van der Waals surface area contributed by atoms with Gasteiger partial charge in [0.25, 0.3) is 0 Å². The van der Waals surface area contributed by atoms with Crippen molar-refractivity contribution in [3.8, 4) is 0 Å². The maximum atomic E-state index is 5.90. The smallest absolute Gasteiger partial charge is 0.0644 e. The number of halogens is 1. The Hall–Kier alpha value is -0.730. The first-order chi connectivity index (χ1) is 7.65. The van der Waals surface area contributed by atoms with Crippen molar-refractivity contribution in [2.75, 3.05) is 25.1 Å². The highest BCUT2D eigenvalue weighted by molar-refractivity contribution is 6.17. The van der Waals surface area contributed by atoms with Gasteiger partial charge in [0.15, 0.2) is 0 Å². The van der Waals surface area contributed by atoms with Crippen LogP contribution in [0.3, 0.4) is 0 Å². The largest absolute Gasteiger partial charge is 0.377 e. The number of anilines is 1. The normalized spacial score (nSPS) is 10.8. The molecule has 0 saturated carbocycles. The molecular weight excluding hydrogens is 222 g/mol. The van der Waals surface area contributed by atoms with Crippen LogP contribution >= 0.6 is 11.6 Å². The van der Waals surface area contributed by atoms with Gasteiger partial charge in [-0.1, -0.05) is 18.2 Å². The van der Waals surface area contributed by atoms with Crippen LogP contribution in [0.15, 0.2) is 24.3 Å². The van der Waals surface area contributed by atoms with Gasteiger partial charge >= 0.3 is 0 Å². The summed E-state index contributed by atoms with van der Waals surface area (Å²) in [5.74, 6) is 0.547. The van der Waals surface area contributed by atoms with E-state index in [9.17, 15) is 0 Å². The van der Waals surface area contributed by atoms with Gasteiger partial charge in [-0.05, 0) is 25.5 Å². The van der Waals surface area contributed by atoms with Crippen molar-refractivity contribution < 1.29 is 4.74 Å². The fourth-order valence-electron chi connectivity index (χ4n) is 1.54. The van der Waals surface area contributed by atoms with Gasteiger partial charge in [0, 0.05) is 25.2 Å². The minimum atomic E-state index is 0.289. The fourth-order valence-corrected chi connectivity index (χ4v) is 1.77. The van der Waals surface area contributed by atoms with Crippen molar-refractivity contribution in [3.63, 3.8) is 0 Å². The van der Waals surface area contributed by atoms with Gasteiger partial charge in [-0.3, -0.25) is 0 Å². The monoisotopic (exact) mass is 241 g/mol. The SMILES string of the molecule is CC(C)OCCN(C)c1ccccc1CCl. The molecule has 0 spiro atoms. The topological polar surface area (TPSA) is 12.5 Å². The van der Waals surface area contributed by atoms with Crippen LogP contribution in [-0.4, -0.2) is 26.3 Å². The number of alkyl halides is 1. The van der Waals surface area contributed by atoms with E-state index in [2.05, 4.69) is 24.1 Å². The first-order valence-corrected chi connectivity index (χ1v) is 6.15. The Morgan fingerprint density at radius 1 is 1.31 bits per heavy atom. The summed E-state index contributed by atoms with van der Waals surface area (Å²) >= 11 is 5.90. The van der Waals surface area contributed by atoms with E-state index in [1.54, 1.807) is 0 Å². The lowest BCUT2D eigenvalue weighted by atomic mass is 10.2. The van der Waals surface area contributed by atoms with Gasteiger partial charge in [0.05, 0.1) is 12.7 Å². The summed E-state index contributed by atoms with van der Waals surface area (Å²) in [6.07, 6.45) is 0.289. The van der Waals surface area contributed by atoms with Gasteiger partial charge < -0.3 is 9.64 Å². The third-order valence-corrected chi connectivity index (χ3v) is 2.71. The highest BCUT2D eigenvalue weighted by Crippen LogP contribution is 2.20. The lowest BCUT2D eigenvalue weighted by Gasteiger charge is -2.22. The molecule has 0 aliphatic carbocycles. The van der Waals surface area contributed by atoms with Crippen LogP contribution in [0.25, 0.3) is 0 Å². The molecule has 0 aromatic heterocycles. The van der Waals surface area contributed by atoms with Gasteiger partial charge in [-0.25, -0.2) is 0 Å². The number of nitrogens with zero attached hydrogens (tertiary/aromatic N) is 1. The highest BCUT2D eigenvalue weighted by Gasteiger charge is 2.05. The summed E-state index contributed by atoms with van der Waals surface area (Å²) in [5.41, 5.74) is 2.35. The molecule has 3 heteroatoms. The van der Waals surface area contributed by atoms with Crippen LogP contribution in [0, 0.1) is 0 Å². The van der Waals surface area contributed by atoms with E-state index in [0.29, 0.717) is 5.88 Å². The molecule has 90 valence electrons. The lowest BCUT2D eigenvalue weighted by Crippen LogP contribution is -2.24.